The number of anilines is 1. The molecule has 4 aliphatic rings. The first-order valence-corrected chi connectivity index (χ1v) is 13.6. The molecule has 0 radical (unpaired) electrons. The molecule has 3 fully saturated rings. The number of likely N-dealkylation sites (tertiary alicyclic amines) is 1. The molecule has 2 N–H and O–H groups in total. The highest BCUT2D eigenvalue weighted by Gasteiger charge is 2.72. The zero-order chi connectivity index (χ0) is 26.4. The predicted molar refractivity (Wildman–Crippen MR) is 142 cm³/mol. The Morgan fingerprint density at radius 3 is 2.66 bits per heavy atom. The summed E-state index contributed by atoms with van der Waals surface area (Å²) in [5.74, 6) is -2.21. The summed E-state index contributed by atoms with van der Waals surface area (Å²) in [6, 6.07) is 8.69. The second-order valence-electron chi connectivity index (χ2n) is 11.2. The first-order chi connectivity index (χ1) is 18.4. The van der Waals surface area contributed by atoms with Crippen molar-refractivity contribution in [2.45, 2.75) is 76.3 Å². The number of carbonyl (C=O) groups is 3. The molecule has 4 heterocycles. The summed E-state index contributed by atoms with van der Waals surface area (Å²) in [4.78, 5) is 47.4. The van der Waals surface area contributed by atoms with E-state index in [1.165, 1.54) is 6.42 Å². The Labute approximate surface area is 222 Å². The molecule has 38 heavy (non-hydrogen) atoms. The van der Waals surface area contributed by atoms with Gasteiger partial charge in [-0.1, -0.05) is 43.5 Å². The lowest BCUT2D eigenvalue weighted by Crippen LogP contribution is -2.56. The van der Waals surface area contributed by atoms with Crippen LogP contribution in [0.25, 0.3) is 0 Å². The van der Waals surface area contributed by atoms with E-state index in [1.54, 1.807) is 17.3 Å². The highest BCUT2D eigenvalue weighted by Crippen LogP contribution is 2.55. The van der Waals surface area contributed by atoms with Gasteiger partial charge in [-0.15, -0.1) is 0 Å². The van der Waals surface area contributed by atoms with Crippen LogP contribution in [-0.4, -0.2) is 51.4 Å². The van der Waals surface area contributed by atoms with Crippen LogP contribution in [0, 0.1) is 25.7 Å². The van der Waals surface area contributed by atoms with Crippen molar-refractivity contribution in [1.82, 2.24) is 15.2 Å². The summed E-state index contributed by atoms with van der Waals surface area (Å²) in [6.45, 7) is 4.24. The second-order valence-corrected chi connectivity index (χ2v) is 11.2. The number of hydrogen-bond donors (Lipinski definition) is 2. The van der Waals surface area contributed by atoms with Crippen molar-refractivity contribution in [3.8, 4) is 0 Å². The third-order valence-electron chi connectivity index (χ3n) is 8.73. The number of nitrogens with one attached hydrogen (secondary N) is 2. The maximum absolute atomic E-state index is 14.1. The number of aromatic nitrogens is 1. The predicted octanol–water partition coefficient (Wildman–Crippen LogP) is 3.44. The summed E-state index contributed by atoms with van der Waals surface area (Å²) in [7, 11) is 0. The lowest BCUT2D eigenvalue weighted by molar-refractivity contribution is -0.142. The van der Waals surface area contributed by atoms with Crippen molar-refractivity contribution in [2.75, 3.05) is 5.32 Å². The average molecular weight is 515 g/mol. The van der Waals surface area contributed by atoms with Crippen LogP contribution in [0.1, 0.15) is 48.8 Å². The molecule has 2 aromatic rings. The SMILES string of the molecule is Cc1ccc(NC(=O)[C@@H]2[C@H]3C=C[C@@]4(O3)[C@H]2C(=O)N(Cc2cccnc2)[C@@H]4C(=O)NC2CCCCC2)cc1C. The Hall–Kier alpha value is -3.52. The summed E-state index contributed by atoms with van der Waals surface area (Å²) < 4.78 is 6.45. The first kappa shape index (κ1) is 24.8. The van der Waals surface area contributed by atoms with E-state index in [9.17, 15) is 14.4 Å². The summed E-state index contributed by atoms with van der Waals surface area (Å²) in [6.07, 6.45) is 11.7. The number of benzene rings is 1. The lowest BCUT2D eigenvalue weighted by atomic mass is 9.74. The highest BCUT2D eigenvalue weighted by atomic mass is 16.5. The minimum Gasteiger partial charge on any atom is -0.359 e. The molecule has 1 aromatic heterocycles. The normalized spacial score (nSPS) is 29.9. The van der Waals surface area contributed by atoms with Crippen molar-refractivity contribution in [3.05, 3.63) is 71.6 Å². The fourth-order valence-corrected chi connectivity index (χ4v) is 6.70. The molecule has 2 bridgehead atoms. The van der Waals surface area contributed by atoms with Gasteiger partial charge in [-0.05, 0) is 61.6 Å². The van der Waals surface area contributed by atoms with Crippen LogP contribution in [0.2, 0.25) is 0 Å². The zero-order valence-corrected chi connectivity index (χ0v) is 21.9. The molecule has 1 aromatic carbocycles. The van der Waals surface area contributed by atoms with Gasteiger partial charge in [-0.2, -0.15) is 0 Å². The maximum Gasteiger partial charge on any atom is 0.246 e. The van der Waals surface area contributed by atoms with Gasteiger partial charge in [0.2, 0.25) is 17.7 Å². The minimum absolute atomic E-state index is 0.0912. The molecular formula is C30H34N4O4. The quantitative estimate of drug-likeness (QED) is 0.576. The lowest BCUT2D eigenvalue weighted by Gasteiger charge is -2.34. The van der Waals surface area contributed by atoms with E-state index in [4.69, 9.17) is 4.74 Å². The van der Waals surface area contributed by atoms with Crippen LogP contribution >= 0.6 is 0 Å². The first-order valence-electron chi connectivity index (χ1n) is 13.6. The topological polar surface area (TPSA) is 101 Å². The Bertz CT molecular complexity index is 1290. The van der Waals surface area contributed by atoms with Crippen molar-refractivity contribution >= 4 is 23.4 Å². The monoisotopic (exact) mass is 514 g/mol. The molecule has 2 saturated heterocycles. The molecule has 198 valence electrons. The van der Waals surface area contributed by atoms with Gasteiger partial charge < -0.3 is 20.3 Å². The molecule has 3 amide bonds. The molecule has 6 rings (SSSR count). The number of ether oxygens (including phenoxy) is 1. The largest absolute Gasteiger partial charge is 0.359 e. The van der Waals surface area contributed by atoms with Crippen LogP contribution in [-0.2, 0) is 25.7 Å². The molecule has 0 unspecified atom stereocenters. The molecule has 1 aliphatic carbocycles. The summed E-state index contributed by atoms with van der Waals surface area (Å²) in [5.41, 5.74) is 2.54. The molecule has 3 aliphatic heterocycles. The van der Waals surface area contributed by atoms with Gasteiger partial charge in [0.25, 0.3) is 0 Å². The van der Waals surface area contributed by atoms with Crippen LogP contribution < -0.4 is 10.6 Å². The number of pyridine rings is 1. The number of nitrogens with zero attached hydrogens (tertiary/aromatic N) is 2. The number of amides is 3. The fraction of sp³-hybridized carbons (Fsp3) is 0.467. The molecule has 1 spiro atoms. The van der Waals surface area contributed by atoms with Crippen LogP contribution in [0.5, 0.6) is 0 Å². The molecule has 8 nitrogen and oxygen atoms in total. The zero-order valence-electron chi connectivity index (χ0n) is 21.9. The van der Waals surface area contributed by atoms with Crippen molar-refractivity contribution in [3.63, 3.8) is 0 Å². The van der Waals surface area contributed by atoms with E-state index < -0.39 is 29.6 Å². The van der Waals surface area contributed by atoms with Gasteiger partial charge >= 0.3 is 0 Å². The summed E-state index contributed by atoms with van der Waals surface area (Å²) in [5, 5.41) is 6.23. The van der Waals surface area contributed by atoms with E-state index >= 15 is 0 Å². The van der Waals surface area contributed by atoms with Gasteiger partial charge in [-0.3, -0.25) is 19.4 Å². The third-order valence-corrected chi connectivity index (χ3v) is 8.73. The Morgan fingerprint density at radius 2 is 1.92 bits per heavy atom. The second kappa shape index (κ2) is 9.66. The van der Waals surface area contributed by atoms with Crippen molar-refractivity contribution < 1.29 is 19.1 Å². The molecule has 8 heteroatoms. The number of fused-ring (bicyclic) bond motifs is 1. The summed E-state index contributed by atoms with van der Waals surface area (Å²) >= 11 is 0. The van der Waals surface area contributed by atoms with E-state index in [0.717, 1.165) is 42.4 Å². The van der Waals surface area contributed by atoms with E-state index in [-0.39, 0.29) is 30.3 Å². The Balaban J connectivity index is 1.32. The van der Waals surface area contributed by atoms with Gasteiger partial charge in [-0.25, -0.2) is 0 Å². The van der Waals surface area contributed by atoms with Gasteiger partial charge in [0.1, 0.15) is 11.6 Å². The van der Waals surface area contributed by atoms with Crippen molar-refractivity contribution in [1.29, 1.82) is 0 Å². The standard InChI is InChI=1S/C30H34N4O4/c1-18-10-11-22(15-19(18)2)33-27(35)24-23-12-13-30(38-23)25(24)29(37)34(17-20-7-6-14-31-16-20)26(30)28(36)32-21-8-4-3-5-9-21/h6-7,10-16,21,23-26H,3-5,8-9,17H2,1-2H3,(H,32,36)(H,33,35)/t23-,24-,25-,26-,30-/m1/s1. The molecular weight excluding hydrogens is 480 g/mol. The Morgan fingerprint density at radius 1 is 1.11 bits per heavy atom. The minimum atomic E-state index is -1.17. The van der Waals surface area contributed by atoms with Crippen LogP contribution in [0.4, 0.5) is 5.69 Å². The van der Waals surface area contributed by atoms with Crippen LogP contribution in [0.15, 0.2) is 54.9 Å². The van der Waals surface area contributed by atoms with Gasteiger partial charge in [0, 0.05) is 30.7 Å². The maximum atomic E-state index is 14.1. The molecule has 5 atom stereocenters. The highest BCUT2D eigenvalue weighted by molar-refractivity contribution is 6.02. The van der Waals surface area contributed by atoms with Crippen molar-refractivity contribution in [2.24, 2.45) is 11.8 Å². The van der Waals surface area contributed by atoms with E-state index in [0.29, 0.717) is 5.69 Å². The number of rotatable bonds is 6. The molecule has 1 saturated carbocycles. The smallest absolute Gasteiger partial charge is 0.246 e. The number of carbonyl (C=O) groups excluding carboxylic acids is 3. The van der Waals surface area contributed by atoms with Gasteiger partial charge in [0.15, 0.2) is 0 Å². The number of aryl methyl sites for hydroxylation is 2. The average Bonchev–Trinajstić information content (AvgIpc) is 3.55. The Kier molecular flexibility index (Phi) is 6.30. The van der Waals surface area contributed by atoms with E-state index in [1.807, 2.05) is 56.3 Å². The fourth-order valence-electron chi connectivity index (χ4n) is 6.70. The third kappa shape index (κ3) is 4.11. The number of hydrogen-bond acceptors (Lipinski definition) is 5. The van der Waals surface area contributed by atoms with Gasteiger partial charge in [0.05, 0.1) is 17.9 Å². The van der Waals surface area contributed by atoms with Crippen LogP contribution in [0.3, 0.4) is 0 Å². The van der Waals surface area contributed by atoms with E-state index in [2.05, 4.69) is 15.6 Å².